The van der Waals surface area contributed by atoms with Gasteiger partial charge in [0.25, 0.3) is 0 Å². The summed E-state index contributed by atoms with van der Waals surface area (Å²) in [7, 11) is 0. The van der Waals surface area contributed by atoms with E-state index in [0.29, 0.717) is 0 Å². The minimum absolute atomic E-state index is 0.152. The average molecular weight is 331 g/mol. The zero-order chi connectivity index (χ0) is 16.9. The molecular weight excluding hydrogens is 302 g/mol. The molecule has 1 saturated carbocycles. The van der Waals surface area contributed by atoms with E-state index in [1.807, 2.05) is 12.1 Å². The molecule has 1 aliphatic carbocycles. The van der Waals surface area contributed by atoms with Gasteiger partial charge >= 0.3 is 6.03 Å². The van der Waals surface area contributed by atoms with E-state index >= 15 is 0 Å². The Morgan fingerprint density at radius 2 is 1.83 bits per heavy atom. The highest BCUT2D eigenvalue weighted by atomic mass is 16.3. The van der Waals surface area contributed by atoms with E-state index in [0.717, 1.165) is 50.4 Å². The molecule has 1 aliphatic heterocycles. The molecule has 0 atom stereocenters. The van der Waals surface area contributed by atoms with Crippen LogP contribution in [0.25, 0.3) is 0 Å². The van der Waals surface area contributed by atoms with Gasteiger partial charge in [-0.25, -0.2) is 4.79 Å². The maximum absolute atomic E-state index is 12.2. The van der Waals surface area contributed by atoms with Gasteiger partial charge in [-0.15, -0.1) is 0 Å². The predicted octanol–water partition coefficient (Wildman–Crippen LogP) is 3.35. The van der Waals surface area contributed by atoms with Gasteiger partial charge in [-0.2, -0.15) is 0 Å². The third kappa shape index (κ3) is 4.63. The summed E-state index contributed by atoms with van der Waals surface area (Å²) in [5.74, 6) is 0.808. The quantitative estimate of drug-likeness (QED) is 0.796. The second-order valence-electron chi connectivity index (χ2n) is 7.32. The molecule has 5 heteroatoms. The number of nitrogens with one attached hydrogen (secondary N) is 2. The van der Waals surface area contributed by atoms with Gasteiger partial charge in [-0.05, 0) is 62.6 Å². The van der Waals surface area contributed by atoms with Crippen LogP contribution in [0.15, 0.2) is 24.3 Å². The number of aliphatic hydroxyl groups is 1. The van der Waals surface area contributed by atoms with Crippen molar-refractivity contribution < 1.29 is 9.90 Å². The van der Waals surface area contributed by atoms with E-state index in [4.69, 9.17) is 0 Å². The van der Waals surface area contributed by atoms with Crippen LogP contribution in [0.1, 0.15) is 45.4 Å². The van der Waals surface area contributed by atoms with Crippen LogP contribution in [0.5, 0.6) is 0 Å². The zero-order valence-electron chi connectivity index (χ0n) is 14.5. The van der Waals surface area contributed by atoms with E-state index in [1.54, 1.807) is 0 Å². The molecule has 2 fully saturated rings. The fourth-order valence-corrected chi connectivity index (χ4v) is 3.62. The Morgan fingerprint density at radius 3 is 2.54 bits per heavy atom. The van der Waals surface area contributed by atoms with E-state index in [2.05, 4.69) is 34.6 Å². The standard InChI is InChI=1S/C19H29N3O2/c1-14-9-11-22(12-10-14)17-4-2-3-16(13-17)21-19(24)20-15-5-7-18(23)8-6-15/h2-4,13-15,18,23H,5-12H2,1H3,(H2,20,21,24). The van der Waals surface area contributed by atoms with E-state index in [1.165, 1.54) is 18.5 Å². The Morgan fingerprint density at radius 1 is 1.12 bits per heavy atom. The number of carbonyl (C=O) groups excluding carboxylic acids is 1. The molecule has 132 valence electrons. The van der Waals surface area contributed by atoms with Crippen LogP contribution >= 0.6 is 0 Å². The van der Waals surface area contributed by atoms with Crippen LogP contribution in [0.2, 0.25) is 0 Å². The van der Waals surface area contributed by atoms with Gasteiger partial charge in [-0.3, -0.25) is 0 Å². The van der Waals surface area contributed by atoms with Gasteiger partial charge in [0.15, 0.2) is 0 Å². The molecule has 3 N–H and O–H groups in total. The maximum Gasteiger partial charge on any atom is 0.319 e. The van der Waals surface area contributed by atoms with Gasteiger partial charge in [0, 0.05) is 30.5 Å². The molecule has 1 heterocycles. The van der Waals surface area contributed by atoms with Crippen LogP contribution in [0.3, 0.4) is 0 Å². The number of hydrogen-bond acceptors (Lipinski definition) is 3. The van der Waals surface area contributed by atoms with Crippen molar-refractivity contribution in [1.82, 2.24) is 5.32 Å². The normalized spacial score (nSPS) is 25.3. The van der Waals surface area contributed by atoms with E-state index in [9.17, 15) is 9.90 Å². The van der Waals surface area contributed by atoms with Crippen molar-refractivity contribution in [3.05, 3.63) is 24.3 Å². The van der Waals surface area contributed by atoms with Crippen LogP contribution in [0.4, 0.5) is 16.2 Å². The third-order valence-electron chi connectivity index (χ3n) is 5.28. The Hall–Kier alpha value is -1.75. The molecular formula is C19H29N3O2. The number of amides is 2. The summed E-state index contributed by atoms with van der Waals surface area (Å²) in [4.78, 5) is 14.6. The first-order valence-electron chi connectivity index (χ1n) is 9.21. The summed E-state index contributed by atoms with van der Waals surface area (Å²) >= 11 is 0. The Kier molecular flexibility index (Phi) is 5.61. The molecule has 0 radical (unpaired) electrons. The number of aliphatic hydroxyl groups excluding tert-OH is 1. The largest absolute Gasteiger partial charge is 0.393 e. The van der Waals surface area contributed by atoms with Crippen molar-refractivity contribution in [2.45, 2.75) is 57.6 Å². The number of piperidine rings is 1. The van der Waals surface area contributed by atoms with Crippen molar-refractivity contribution in [2.24, 2.45) is 5.92 Å². The molecule has 3 rings (SSSR count). The summed E-state index contributed by atoms with van der Waals surface area (Å²) in [5, 5.41) is 15.5. The summed E-state index contributed by atoms with van der Waals surface area (Å²) in [6.07, 6.45) is 5.50. The number of carbonyl (C=O) groups is 1. The Labute approximate surface area is 144 Å². The number of anilines is 2. The minimum atomic E-state index is -0.199. The molecule has 1 aromatic carbocycles. The van der Waals surface area contributed by atoms with Crippen LogP contribution in [-0.4, -0.2) is 36.4 Å². The molecule has 5 nitrogen and oxygen atoms in total. The first kappa shape index (κ1) is 17.1. The first-order chi connectivity index (χ1) is 11.6. The zero-order valence-corrected chi connectivity index (χ0v) is 14.5. The SMILES string of the molecule is CC1CCN(c2cccc(NC(=O)NC3CCC(O)CC3)c2)CC1. The highest BCUT2D eigenvalue weighted by molar-refractivity contribution is 5.90. The lowest BCUT2D eigenvalue weighted by Gasteiger charge is -2.32. The van der Waals surface area contributed by atoms with Crippen molar-refractivity contribution >= 4 is 17.4 Å². The lowest BCUT2D eigenvalue weighted by Crippen LogP contribution is -2.40. The number of benzene rings is 1. The van der Waals surface area contributed by atoms with E-state index in [-0.39, 0.29) is 18.2 Å². The smallest absolute Gasteiger partial charge is 0.319 e. The van der Waals surface area contributed by atoms with Crippen LogP contribution < -0.4 is 15.5 Å². The van der Waals surface area contributed by atoms with Crippen molar-refractivity contribution in [1.29, 1.82) is 0 Å². The monoisotopic (exact) mass is 331 g/mol. The Bertz CT molecular complexity index is 547. The molecule has 24 heavy (non-hydrogen) atoms. The minimum Gasteiger partial charge on any atom is -0.393 e. The van der Waals surface area contributed by atoms with Gasteiger partial charge in [0.1, 0.15) is 0 Å². The topological polar surface area (TPSA) is 64.6 Å². The Balaban J connectivity index is 1.53. The summed E-state index contributed by atoms with van der Waals surface area (Å²) < 4.78 is 0. The second-order valence-corrected chi connectivity index (χ2v) is 7.32. The summed E-state index contributed by atoms with van der Waals surface area (Å²) in [6, 6.07) is 8.11. The molecule has 2 amide bonds. The highest BCUT2D eigenvalue weighted by Crippen LogP contribution is 2.25. The van der Waals surface area contributed by atoms with Crippen molar-refractivity contribution in [2.75, 3.05) is 23.3 Å². The number of rotatable bonds is 3. The molecule has 0 aromatic heterocycles. The van der Waals surface area contributed by atoms with Gasteiger partial charge < -0.3 is 20.6 Å². The third-order valence-corrected chi connectivity index (χ3v) is 5.28. The second kappa shape index (κ2) is 7.88. The first-order valence-corrected chi connectivity index (χ1v) is 9.21. The molecule has 1 aromatic rings. The number of urea groups is 1. The van der Waals surface area contributed by atoms with Gasteiger partial charge in [0.05, 0.1) is 6.10 Å². The fourth-order valence-electron chi connectivity index (χ4n) is 3.62. The average Bonchev–Trinajstić information content (AvgIpc) is 2.58. The predicted molar refractivity (Wildman–Crippen MR) is 97.5 cm³/mol. The summed E-state index contributed by atoms with van der Waals surface area (Å²) in [6.45, 7) is 4.48. The molecule has 2 aliphatic rings. The molecule has 0 bridgehead atoms. The van der Waals surface area contributed by atoms with Crippen LogP contribution in [-0.2, 0) is 0 Å². The highest BCUT2D eigenvalue weighted by Gasteiger charge is 2.21. The number of hydrogen-bond donors (Lipinski definition) is 3. The lowest BCUT2D eigenvalue weighted by molar-refractivity contribution is 0.118. The summed E-state index contributed by atoms with van der Waals surface area (Å²) in [5.41, 5.74) is 2.01. The lowest BCUT2D eigenvalue weighted by atomic mass is 9.93. The van der Waals surface area contributed by atoms with Crippen molar-refractivity contribution in [3.63, 3.8) is 0 Å². The van der Waals surface area contributed by atoms with E-state index < -0.39 is 0 Å². The fraction of sp³-hybridized carbons (Fsp3) is 0.632. The number of nitrogens with zero attached hydrogens (tertiary/aromatic N) is 1. The van der Waals surface area contributed by atoms with Crippen LogP contribution in [0, 0.1) is 5.92 Å². The van der Waals surface area contributed by atoms with Crippen molar-refractivity contribution in [3.8, 4) is 0 Å². The van der Waals surface area contributed by atoms with Gasteiger partial charge in [-0.1, -0.05) is 13.0 Å². The molecule has 0 unspecified atom stereocenters. The molecule has 0 spiro atoms. The van der Waals surface area contributed by atoms with Gasteiger partial charge in [0.2, 0.25) is 0 Å². The maximum atomic E-state index is 12.2. The molecule has 1 saturated heterocycles.